The maximum Gasteiger partial charge on any atom is 0.165 e. The maximum atomic E-state index is 5.86. The van der Waals surface area contributed by atoms with Crippen LogP contribution in [-0.2, 0) is 15.9 Å². The zero-order chi connectivity index (χ0) is 11.9. The zero-order valence-corrected chi connectivity index (χ0v) is 10.7. The molecule has 4 rings (SSSR count). The quantitative estimate of drug-likeness (QED) is 0.780. The summed E-state index contributed by atoms with van der Waals surface area (Å²) < 4.78 is 11.7. The van der Waals surface area contributed by atoms with Crippen LogP contribution in [0.25, 0.3) is 0 Å². The van der Waals surface area contributed by atoms with E-state index in [9.17, 15) is 0 Å². The lowest BCUT2D eigenvalue weighted by Gasteiger charge is -2.51. The van der Waals surface area contributed by atoms with Gasteiger partial charge in [0.05, 0.1) is 13.2 Å². The van der Waals surface area contributed by atoms with Crippen LogP contribution in [0, 0.1) is 12.3 Å². The summed E-state index contributed by atoms with van der Waals surface area (Å²) in [6.07, 6.45) is 3.33. The van der Waals surface area contributed by atoms with Crippen LogP contribution in [0.4, 0.5) is 0 Å². The van der Waals surface area contributed by atoms with Crippen molar-refractivity contribution in [1.29, 1.82) is 0 Å². The number of hydrogen-bond acceptors (Lipinski definition) is 2. The molecule has 0 radical (unpaired) electrons. The van der Waals surface area contributed by atoms with Gasteiger partial charge in [-0.15, -0.1) is 0 Å². The van der Waals surface area contributed by atoms with Crippen LogP contribution in [0.15, 0.2) is 24.3 Å². The van der Waals surface area contributed by atoms with Crippen LogP contribution in [0.5, 0.6) is 0 Å². The highest BCUT2D eigenvalue weighted by Crippen LogP contribution is 2.45. The smallest absolute Gasteiger partial charge is 0.165 e. The van der Waals surface area contributed by atoms with Crippen molar-refractivity contribution in [3.05, 3.63) is 35.4 Å². The molecule has 17 heavy (non-hydrogen) atoms. The Kier molecular flexibility index (Phi) is 2.53. The van der Waals surface area contributed by atoms with Gasteiger partial charge in [-0.2, -0.15) is 0 Å². The van der Waals surface area contributed by atoms with Crippen LogP contribution in [0.1, 0.15) is 30.9 Å². The third-order valence-corrected chi connectivity index (χ3v) is 4.30. The van der Waals surface area contributed by atoms with Crippen LogP contribution in [0.3, 0.4) is 0 Å². The van der Waals surface area contributed by atoms with E-state index in [1.807, 2.05) is 0 Å². The van der Waals surface area contributed by atoms with E-state index in [4.69, 9.17) is 9.47 Å². The first-order chi connectivity index (χ1) is 8.11. The Balaban J connectivity index is 1.80. The summed E-state index contributed by atoms with van der Waals surface area (Å²) in [5.41, 5.74) is 3.02. The normalized spacial score (nSPS) is 36.1. The molecule has 0 unspecified atom stereocenters. The lowest BCUT2D eigenvalue weighted by Crippen LogP contribution is -2.55. The van der Waals surface area contributed by atoms with Gasteiger partial charge in [-0.3, -0.25) is 0 Å². The molecule has 3 aliphatic rings. The molecule has 0 N–H and O–H groups in total. The van der Waals surface area contributed by atoms with E-state index < -0.39 is 0 Å². The fourth-order valence-corrected chi connectivity index (χ4v) is 2.88. The van der Waals surface area contributed by atoms with E-state index in [0.717, 1.165) is 26.1 Å². The molecule has 92 valence electrons. The van der Waals surface area contributed by atoms with E-state index in [-0.39, 0.29) is 11.2 Å². The minimum Gasteiger partial charge on any atom is -0.350 e. The Bertz CT molecular complexity index is 400. The largest absolute Gasteiger partial charge is 0.350 e. The minimum atomic E-state index is -0.298. The molecule has 3 saturated heterocycles. The first-order valence-corrected chi connectivity index (χ1v) is 6.43. The molecule has 1 aromatic carbocycles. The number of aryl methyl sites for hydroxylation is 1. The number of hydrogen-bond donors (Lipinski definition) is 0. The predicted molar refractivity (Wildman–Crippen MR) is 66.9 cm³/mol. The molecule has 0 atom stereocenters. The average Bonchev–Trinajstić information content (AvgIpc) is 2.35. The summed E-state index contributed by atoms with van der Waals surface area (Å²) >= 11 is 0. The highest BCUT2D eigenvalue weighted by Gasteiger charge is 2.48. The molecule has 3 fully saturated rings. The molecular weight excluding hydrogens is 212 g/mol. The van der Waals surface area contributed by atoms with E-state index >= 15 is 0 Å². The molecule has 3 aliphatic heterocycles. The molecule has 0 aliphatic carbocycles. The summed E-state index contributed by atoms with van der Waals surface area (Å²) in [6, 6.07) is 8.63. The molecule has 0 amide bonds. The molecule has 0 saturated carbocycles. The summed E-state index contributed by atoms with van der Waals surface area (Å²) in [5, 5.41) is 0. The molecule has 2 nitrogen and oxygen atoms in total. The number of benzene rings is 1. The second kappa shape index (κ2) is 3.82. The third kappa shape index (κ3) is 2.00. The molecular formula is C15H20O2. The van der Waals surface area contributed by atoms with E-state index in [0.29, 0.717) is 0 Å². The van der Waals surface area contributed by atoms with Gasteiger partial charge in [-0.1, -0.05) is 24.3 Å². The van der Waals surface area contributed by atoms with Crippen molar-refractivity contribution in [2.45, 2.75) is 38.9 Å². The van der Waals surface area contributed by atoms with E-state index in [2.05, 4.69) is 38.1 Å². The van der Waals surface area contributed by atoms with Gasteiger partial charge >= 0.3 is 0 Å². The Hall–Kier alpha value is -0.860. The van der Waals surface area contributed by atoms with Crippen molar-refractivity contribution in [3.8, 4) is 0 Å². The van der Waals surface area contributed by atoms with Gasteiger partial charge in [0.2, 0.25) is 0 Å². The Morgan fingerprint density at radius 1 is 1.12 bits per heavy atom. The van der Waals surface area contributed by atoms with Gasteiger partial charge in [0.15, 0.2) is 5.79 Å². The molecule has 0 spiro atoms. The second-order valence-corrected chi connectivity index (χ2v) is 5.81. The SMILES string of the molecule is Cc1ccccc1CC12CCC(C)(OC1)OC2. The van der Waals surface area contributed by atoms with Crippen LogP contribution >= 0.6 is 0 Å². The topological polar surface area (TPSA) is 18.5 Å². The van der Waals surface area contributed by atoms with Crippen molar-refractivity contribution in [1.82, 2.24) is 0 Å². The van der Waals surface area contributed by atoms with Crippen LogP contribution in [0.2, 0.25) is 0 Å². The number of ether oxygens (including phenoxy) is 2. The van der Waals surface area contributed by atoms with Crippen molar-refractivity contribution in [2.75, 3.05) is 13.2 Å². The van der Waals surface area contributed by atoms with E-state index in [1.54, 1.807) is 0 Å². The monoisotopic (exact) mass is 232 g/mol. The molecule has 2 bridgehead atoms. The Morgan fingerprint density at radius 2 is 1.82 bits per heavy atom. The van der Waals surface area contributed by atoms with Gasteiger partial charge in [0.1, 0.15) is 0 Å². The number of fused-ring (bicyclic) bond motifs is 3. The van der Waals surface area contributed by atoms with Gasteiger partial charge in [0.25, 0.3) is 0 Å². The summed E-state index contributed by atoms with van der Waals surface area (Å²) in [7, 11) is 0. The minimum absolute atomic E-state index is 0.212. The lowest BCUT2D eigenvalue weighted by molar-refractivity contribution is -0.331. The average molecular weight is 232 g/mol. The van der Waals surface area contributed by atoms with Gasteiger partial charge < -0.3 is 9.47 Å². The third-order valence-electron chi connectivity index (χ3n) is 4.30. The fraction of sp³-hybridized carbons (Fsp3) is 0.600. The predicted octanol–water partition coefficient (Wildman–Crippen LogP) is 3.08. The summed E-state index contributed by atoms with van der Waals surface area (Å²) in [5.74, 6) is -0.298. The zero-order valence-electron chi connectivity index (χ0n) is 10.7. The van der Waals surface area contributed by atoms with Gasteiger partial charge in [-0.25, -0.2) is 0 Å². The maximum absolute atomic E-state index is 5.86. The van der Waals surface area contributed by atoms with Crippen molar-refractivity contribution in [2.24, 2.45) is 5.41 Å². The van der Waals surface area contributed by atoms with Crippen molar-refractivity contribution >= 4 is 0 Å². The molecule has 0 aromatic heterocycles. The summed E-state index contributed by atoms with van der Waals surface area (Å²) in [6.45, 7) is 5.93. The van der Waals surface area contributed by atoms with Crippen LogP contribution < -0.4 is 0 Å². The van der Waals surface area contributed by atoms with Crippen molar-refractivity contribution < 1.29 is 9.47 Å². The number of rotatable bonds is 2. The molecule has 1 aromatic rings. The molecule has 3 heterocycles. The standard InChI is InChI=1S/C15H20O2/c1-12-5-3-4-6-13(12)9-15-8-7-14(2,16-10-15)17-11-15/h3-6H,7-11H2,1-2H3. The highest BCUT2D eigenvalue weighted by atomic mass is 16.7. The van der Waals surface area contributed by atoms with Crippen LogP contribution in [-0.4, -0.2) is 19.0 Å². The Morgan fingerprint density at radius 3 is 2.41 bits per heavy atom. The summed E-state index contributed by atoms with van der Waals surface area (Å²) in [4.78, 5) is 0. The van der Waals surface area contributed by atoms with Gasteiger partial charge in [-0.05, 0) is 37.8 Å². The second-order valence-electron chi connectivity index (χ2n) is 5.81. The lowest BCUT2D eigenvalue weighted by atomic mass is 9.74. The first kappa shape index (κ1) is 11.2. The van der Waals surface area contributed by atoms with Gasteiger partial charge in [0, 0.05) is 11.8 Å². The fourth-order valence-electron chi connectivity index (χ4n) is 2.88. The highest BCUT2D eigenvalue weighted by molar-refractivity contribution is 5.27. The van der Waals surface area contributed by atoms with Crippen molar-refractivity contribution in [3.63, 3.8) is 0 Å². The Labute approximate surface area is 103 Å². The molecule has 2 heteroatoms. The van der Waals surface area contributed by atoms with E-state index in [1.165, 1.54) is 17.5 Å². The first-order valence-electron chi connectivity index (χ1n) is 6.43.